The Labute approximate surface area is 112 Å². The second-order valence-electron chi connectivity index (χ2n) is 3.76. The van der Waals surface area contributed by atoms with Crippen molar-refractivity contribution in [3.8, 4) is 6.07 Å². The minimum atomic E-state index is -0.299. The molecule has 0 spiro atoms. The number of hydrogen-bond donors (Lipinski definition) is 3. The Bertz CT molecular complexity index is 426. The van der Waals surface area contributed by atoms with Crippen LogP contribution in [0, 0.1) is 11.3 Å². The van der Waals surface area contributed by atoms with E-state index in [1.807, 2.05) is 6.07 Å². The lowest BCUT2D eigenvalue weighted by Gasteiger charge is -2.07. The number of nitrogens with zero attached hydrogens (tertiary/aromatic N) is 1. The first-order valence-corrected chi connectivity index (χ1v) is 6.00. The normalized spacial score (nSPS) is 9.68. The summed E-state index contributed by atoms with van der Waals surface area (Å²) < 4.78 is 5.06. The first-order valence-electron chi connectivity index (χ1n) is 6.00. The van der Waals surface area contributed by atoms with Crippen LogP contribution < -0.4 is 10.6 Å². The maximum Gasteiger partial charge on any atom is 0.319 e. The maximum atomic E-state index is 11.5. The van der Waals surface area contributed by atoms with Gasteiger partial charge in [-0.3, -0.25) is 0 Å². The molecular formula is C13H17N3O3. The number of amides is 2. The lowest BCUT2D eigenvalue weighted by atomic mass is 10.2. The summed E-state index contributed by atoms with van der Waals surface area (Å²) in [6.45, 7) is 1.31. The van der Waals surface area contributed by atoms with E-state index in [-0.39, 0.29) is 12.6 Å². The highest BCUT2D eigenvalue weighted by Gasteiger charge is 2.00. The summed E-state index contributed by atoms with van der Waals surface area (Å²) in [5.41, 5.74) is 1.18. The van der Waals surface area contributed by atoms with Gasteiger partial charge in [-0.05, 0) is 30.7 Å². The number of benzene rings is 1. The van der Waals surface area contributed by atoms with Crippen LogP contribution in [0.5, 0.6) is 0 Å². The van der Waals surface area contributed by atoms with Gasteiger partial charge >= 0.3 is 6.03 Å². The fourth-order valence-corrected chi connectivity index (χ4v) is 1.35. The number of rotatable bonds is 7. The fraction of sp³-hybridized carbons (Fsp3) is 0.385. The molecule has 0 aromatic heterocycles. The highest BCUT2D eigenvalue weighted by atomic mass is 16.5. The van der Waals surface area contributed by atoms with E-state index < -0.39 is 0 Å². The third kappa shape index (κ3) is 6.41. The molecule has 102 valence electrons. The largest absolute Gasteiger partial charge is 0.394 e. The number of carbonyl (C=O) groups is 1. The van der Waals surface area contributed by atoms with Gasteiger partial charge in [-0.2, -0.15) is 5.26 Å². The van der Waals surface area contributed by atoms with Crippen LogP contribution in [0.4, 0.5) is 10.5 Å². The number of nitriles is 1. The first-order chi connectivity index (χ1) is 9.26. The van der Waals surface area contributed by atoms with Crippen molar-refractivity contribution in [3.63, 3.8) is 0 Å². The molecule has 19 heavy (non-hydrogen) atoms. The van der Waals surface area contributed by atoms with Crippen molar-refractivity contribution in [2.45, 2.75) is 6.42 Å². The van der Waals surface area contributed by atoms with Crippen LogP contribution in [0.15, 0.2) is 24.3 Å². The van der Waals surface area contributed by atoms with Crippen molar-refractivity contribution in [1.82, 2.24) is 5.32 Å². The van der Waals surface area contributed by atoms with Crippen LogP contribution >= 0.6 is 0 Å². The zero-order chi connectivity index (χ0) is 13.9. The Morgan fingerprint density at radius 3 is 2.68 bits per heavy atom. The number of urea groups is 1. The summed E-state index contributed by atoms with van der Waals surface area (Å²) >= 11 is 0. The zero-order valence-electron chi connectivity index (χ0n) is 10.6. The summed E-state index contributed by atoms with van der Waals surface area (Å²) in [4.78, 5) is 11.5. The van der Waals surface area contributed by atoms with Gasteiger partial charge in [0.1, 0.15) is 0 Å². The minimum absolute atomic E-state index is 0.00655. The number of hydrogen-bond acceptors (Lipinski definition) is 4. The summed E-state index contributed by atoms with van der Waals surface area (Å²) in [6, 6.07) is 8.32. The molecule has 0 aliphatic rings. The molecule has 0 unspecified atom stereocenters. The van der Waals surface area contributed by atoms with Gasteiger partial charge in [-0.1, -0.05) is 0 Å². The standard InChI is InChI=1S/C13H17N3O3/c14-10-11-2-4-12(5-3-11)16-13(18)15-6-1-8-19-9-7-17/h2-5,17H,1,6-9H2,(H2,15,16,18). The Morgan fingerprint density at radius 1 is 1.32 bits per heavy atom. The number of anilines is 1. The third-order valence-electron chi connectivity index (χ3n) is 2.26. The summed E-state index contributed by atoms with van der Waals surface area (Å²) in [7, 11) is 0. The summed E-state index contributed by atoms with van der Waals surface area (Å²) in [5, 5.41) is 22.5. The first kappa shape index (κ1) is 15.0. The van der Waals surface area contributed by atoms with Crippen molar-refractivity contribution in [1.29, 1.82) is 5.26 Å². The molecule has 6 heteroatoms. The number of aliphatic hydroxyl groups excluding tert-OH is 1. The molecule has 0 heterocycles. The van der Waals surface area contributed by atoms with E-state index in [0.29, 0.717) is 37.4 Å². The molecule has 1 aromatic rings. The topological polar surface area (TPSA) is 94.4 Å². The van der Waals surface area contributed by atoms with Crippen LogP contribution in [-0.4, -0.2) is 37.5 Å². The number of nitrogens with one attached hydrogen (secondary N) is 2. The molecule has 0 aliphatic carbocycles. The summed E-state index contributed by atoms with van der Waals surface area (Å²) in [5.74, 6) is 0. The van der Waals surface area contributed by atoms with Crippen LogP contribution in [0.3, 0.4) is 0 Å². The van der Waals surface area contributed by atoms with E-state index in [0.717, 1.165) is 0 Å². The predicted octanol–water partition coefficient (Wildman–Crippen LogP) is 1.08. The lowest BCUT2D eigenvalue weighted by molar-refractivity contribution is 0.0910. The number of ether oxygens (including phenoxy) is 1. The molecule has 1 aromatic carbocycles. The molecule has 0 saturated heterocycles. The highest BCUT2D eigenvalue weighted by molar-refractivity contribution is 5.89. The minimum Gasteiger partial charge on any atom is -0.394 e. The molecule has 3 N–H and O–H groups in total. The maximum absolute atomic E-state index is 11.5. The highest BCUT2D eigenvalue weighted by Crippen LogP contribution is 2.08. The van der Waals surface area contributed by atoms with E-state index in [1.54, 1.807) is 24.3 Å². The van der Waals surface area contributed by atoms with Crippen LogP contribution in [-0.2, 0) is 4.74 Å². The van der Waals surface area contributed by atoms with Crippen molar-refractivity contribution in [2.75, 3.05) is 31.7 Å². The molecule has 0 aliphatic heterocycles. The fourth-order valence-electron chi connectivity index (χ4n) is 1.35. The van der Waals surface area contributed by atoms with Gasteiger partial charge in [-0.15, -0.1) is 0 Å². The second-order valence-corrected chi connectivity index (χ2v) is 3.76. The second kappa shape index (κ2) is 8.91. The molecule has 0 atom stereocenters. The predicted molar refractivity (Wildman–Crippen MR) is 70.7 cm³/mol. The third-order valence-corrected chi connectivity index (χ3v) is 2.26. The van der Waals surface area contributed by atoms with Gasteiger partial charge in [0.25, 0.3) is 0 Å². The molecule has 0 fully saturated rings. The smallest absolute Gasteiger partial charge is 0.319 e. The zero-order valence-corrected chi connectivity index (χ0v) is 10.6. The molecule has 0 radical (unpaired) electrons. The Kier molecular flexibility index (Phi) is 7.02. The van der Waals surface area contributed by atoms with Gasteiger partial charge in [0, 0.05) is 18.8 Å². The van der Waals surface area contributed by atoms with Crippen molar-refractivity contribution in [3.05, 3.63) is 29.8 Å². The average Bonchev–Trinajstić information content (AvgIpc) is 2.43. The summed E-state index contributed by atoms with van der Waals surface area (Å²) in [6.07, 6.45) is 0.681. The van der Waals surface area contributed by atoms with Crippen molar-refractivity contribution < 1.29 is 14.6 Å². The average molecular weight is 263 g/mol. The quantitative estimate of drug-likeness (QED) is 0.641. The Hall–Kier alpha value is -2.10. The molecule has 0 saturated carbocycles. The van der Waals surface area contributed by atoms with Crippen molar-refractivity contribution in [2.24, 2.45) is 0 Å². The monoisotopic (exact) mass is 263 g/mol. The Balaban J connectivity index is 2.18. The van der Waals surface area contributed by atoms with Gasteiger partial charge < -0.3 is 20.5 Å². The molecule has 1 rings (SSSR count). The van der Waals surface area contributed by atoms with Crippen LogP contribution in [0.25, 0.3) is 0 Å². The molecule has 0 bridgehead atoms. The van der Waals surface area contributed by atoms with Crippen LogP contribution in [0.1, 0.15) is 12.0 Å². The number of aliphatic hydroxyl groups is 1. The van der Waals surface area contributed by atoms with Gasteiger partial charge in [0.2, 0.25) is 0 Å². The van der Waals surface area contributed by atoms with Gasteiger partial charge in [-0.25, -0.2) is 4.79 Å². The van der Waals surface area contributed by atoms with E-state index in [4.69, 9.17) is 15.1 Å². The molecular weight excluding hydrogens is 246 g/mol. The lowest BCUT2D eigenvalue weighted by Crippen LogP contribution is -2.30. The van der Waals surface area contributed by atoms with Crippen molar-refractivity contribution >= 4 is 11.7 Å². The van der Waals surface area contributed by atoms with Crippen LogP contribution in [0.2, 0.25) is 0 Å². The van der Waals surface area contributed by atoms with Gasteiger partial charge in [0.05, 0.1) is 24.8 Å². The van der Waals surface area contributed by atoms with E-state index in [1.165, 1.54) is 0 Å². The van der Waals surface area contributed by atoms with Gasteiger partial charge in [0.15, 0.2) is 0 Å². The molecule has 2 amide bonds. The molecule has 6 nitrogen and oxygen atoms in total. The van der Waals surface area contributed by atoms with E-state index in [9.17, 15) is 4.79 Å². The SMILES string of the molecule is N#Cc1ccc(NC(=O)NCCCOCCO)cc1. The Morgan fingerprint density at radius 2 is 2.05 bits per heavy atom. The van der Waals surface area contributed by atoms with E-state index in [2.05, 4.69) is 10.6 Å². The number of carbonyl (C=O) groups excluding carboxylic acids is 1. The van der Waals surface area contributed by atoms with E-state index >= 15 is 0 Å².